The number of oxazole rings is 1. The third kappa shape index (κ3) is 4.16. The first-order valence-corrected chi connectivity index (χ1v) is 8.58. The molecule has 3 rings (SSSR count). The first-order valence-electron chi connectivity index (χ1n) is 7.60. The summed E-state index contributed by atoms with van der Waals surface area (Å²) in [6.07, 6.45) is 3.05. The minimum Gasteiger partial charge on any atom is -0.462 e. The van der Waals surface area contributed by atoms with Gasteiger partial charge in [0.1, 0.15) is 11.4 Å². The average Bonchev–Trinajstić information content (AvgIpc) is 3.10. The lowest BCUT2D eigenvalue weighted by Gasteiger charge is -2.05. The summed E-state index contributed by atoms with van der Waals surface area (Å²) in [4.78, 5) is 24.2. The van der Waals surface area contributed by atoms with E-state index in [0.29, 0.717) is 22.6 Å². The zero-order valence-corrected chi connectivity index (χ0v) is 14.3. The maximum atomic E-state index is 11.7. The third-order valence-corrected chi connectivity index (χ3v) is 4.07. The van der Waals surface area contributed by atoms with Gasteiger partial charge in [-0.25, -0.2) is 19.7 Å². The molecule has 7 nitrogen and oxygen atoms in total. The molecule has 0 aliphatic rings. The molecular weight excluding hydrogens is 340 g/mol. The number of rotatable bonds is 6. The lowest BCUT2D eigenvalue weighted by atomic mass is 10.2. The summed E-state index contributed by atoms with van der Waals surface area (Å²) in [6, 6.07) is 9.73. The predicted octanol–water partition coefficient (Wildman–Crippen LogP) is 3.18. The fourth-order valence-electron chi connectivity index (χ4n) is 2.05. The van der Waals surface area contributed by atoms with E-state index >= 15 is 0 Å². The van der Waals surface area contributed by atoms with Crippen molar-refractivity contribution in [2.24, 2.45) is 0 Å². The topological polar surface area (TPSA) is 104 Å². The number of hydrogen-bond acceptors (Lipinski definition) is 8. The smallest absolute Gasteiger partial charge is 0.343 e. The van der Waals surface area contributed by atoms with Crippen LogP contribution in [0, 0.1) is 0 Å². The summed E-state index contributed by atoms with van der Waals surface area (Å²) < 4.78 is 10.6. The Morgan fingerprint density at radius 1 is 1.24 bits per heavy atom. The number of carbonyl (C=O) groups is 1. The van der Waals surface area contributed by atoms with E-state index in [0.717, 1.165) is 5.56 Å². The number of esters is 1. The maximum Gasteiger partial charge on any atom is 0.343 e. The number of thioether (sulfide) groups is 1. The SMILES string of the molecule is CCOC(=O)c1cnc(SCc2ncc(-c3ccccc3)o2)nc1N. The van der Waals surface area contributed by atoms with Gasteiger partial charge in [-0.2, -0.15) is 0 Å². The molecule has 3 aromatic rings. The molecule has 0 saturated heterocycles. The van der Waals surface area contributed by atoms with Gasteiger partial charge >= 0.3 is 5.97 Å². The number of hydrogen-bond donors (Lipinski definition) is 1. The standard InChI is InChI=1S/C17H16N4O3S/c1-2-23-16(22)12-8-20-17(21-15(12)18)25-10-14-19-9-13(24-14)11-6-4-3-5-7-11/h3-9H,2,10H2,1H3,(H2,18,20,21). The van der Waals surface area contributed by atoms with Gasteiger partial charge in [0.05, 0.1) is 18.6 Å². The molecule has 0 spiro atoms. The highest BCUT2D eigenvalue weighted by Gasteiger charge is 2.14. The minimum absolute atomic E-state index is 0.0910. The quantitative estimate of drug-likeness (QED) is 0.408. The Hall–Kier alpha value is -2.87. The first-order chi connectivity index (χ1) is 12.2. The second-order valence-corrected chi connectivity index (χ2v) is 5.89. The number of carbonyl (C=O) groups excluding carboxylic acids is 1. The van der Waals surface area contributed by atoms with Gasteiger partial charge in [0.2, 0.25) is 5.89 Å². The molecular formula is C17H16N4O3S. The summed E-state index contributed by atoms with van der Waals surface area (Å²) in [6.45, 7) is 1.99. The second-order valence-electron chi connectivity index (χ2n) is 4.94. The Kier molecular flexibility index (Phi) is 5.30. The number of nitrogens with zero attached hydrogens (tertiary/aromatic N) is 3. The number of nitrogen functional groups attached to an aromatic ring is 1. The molecule has 8 heteroatoms. The van der Waals surface area contributed by atoms with Crippen molar-refractivity contribution in [3.63, 3.8) is 0 Å². The van der Waals surface area contributed by atoms with Crippen LogP contribution in [0.15, 0.2) is 52.3 Å². The van der Waals surface area contributed by atoms with Crippen molar-refractivity contribution in [3.8, 4) is 11.3 Å². The molecule has 0 bridgehead atoms. The second kappa shape index (κ2) is 7.80. The molecule has 2 heterocycles. The third-order valence-electron chi connectivity index (χ3n) is 3.23. The van der Waals surface area contributed by atoms with Crippen LogP contribution in [0.4, 0.5) is 5.82 Å². The van der Waals surface area contributed by atoms with Crippen molar-refractivity contribution < 1.29 is 13.9 Å². The molecule has 0 aliphatic heterocycles. The van der Waals surface area contributed by atoms with Gasteiger partial charge < -0.3 is 14.9 Å². The Morgan fingerprint density at radius 3 is 2.76 bits per heavy atom. The Morgan fingerprint density at radius 2 is 2.04 bits per heavy atom. The van der Waals surface area contributed by atoms with Gasteiger partial charge in [-0.1, -0.05) is 42.1 Å². The Balaban J connectivity index is 1.65. The zero-order chi connectivity index (χ0) is 17.6. The van der Waals surface area contributed by atoms with Crippen LogP contribution < -0.4 is 5.73 Å². The van der Waals surface area contributed by atoms with Crippen molar-refractivity contribution in [1.29, 1.82) is 0 Å². The van der Waals surface area contributed by atoms with Crippen LogP contribution in [0.1, 0.15) is 23.2 Å². The van der Waals surface area contributed by atoms with E-state index in [1.54, 1.807) is 13.1 Å². The maximum absolute atomic E-state index is 11.7. The highest BCUT2D eigenvalue weighted by molar-refractivity contribution is 7.98. The summed E-state index contributed by atoms with van der Waals surface area (Å²) in [5, 5.41) is 0.435. The van der Waals surface area contributed by atoms with E-state index in [9.17, 15) is 4.79 Å². The van der Waals surface area contributed by atoms with Gasteiger partial charge in [-0.3, -0.25) is 0 Å². The van der Waals surface area contributed by atoms with E-state index in [1.165, 1.54) is 18.0 Å². The molecule has 0 fully saturated rings. The molecule has 0 saturated carbocycles. The van der Waals surface area contributed by atoms with Crippen molar-refractivity contribution in [2.45, 2.75) is 17.8 Å². The van der Waals surface area contributed by atoms with Crippen molar-refractivity contribution in [3.05, 3.63) is 54.2 Å². The predicted molar refractivity (Wildman–Crippen MR) is 93.9 cm³/mol. The molecule has 1 aromatic carbocycles. The number of anilines is 1. The van der Waals surface area contributed by atoms with E-state index in [-0.39, 0.29) is 18.0 Å². The summed E-state index contributed by atoms with van der Waals surface area (Å²) in [5.41, 5.74) is 6.92. The molecule has 2 N–H and O–H groups in total. The molecule has 0 aliphatic carbocycles. The molecule has 0 atom stereocenters. The monoisotopic (exact) mass is 356 g/mol. The van der Waals surface area contributed by atoms with E-state index in [2.05, 4.69) is 15.0 Å². The van der Waals surface area contributed by atoms with Crippen LogP contribution in [0.2, 0.25) is 0 Å². The highest BCUT2D eigenvalue weighted by Crippen LogP contribution is 2.24. The summed E-state index contributed by atoms with van der Waals surface area (Å²) in [7, 11) is 0. The highest BCUT2D eigenvalue weighted by atomic mass is 32.2. The Labute approximate surface area is 148 Å². The molecule has 0 amide bonds. The van der Waals surface area contributed by atoms with Gasteiger partial charge in [0, 0.05) is 11.8 Å². The van der Waals surface area contributed by atoms with Crippen LogP contribution >= 0.6 is 11.8 Å². The normalized spacial score (nSPS) is 10.6. The fourth-order valence-corrected chi connectivity index (χ4v) is 2.73. The van der Waals surface area contributed by atoms with Gasteiger partial charge in [0.15, 0.2) is 10.9 Å². The molecule has 25 heavy (non-hydrogen) atoms. The van der Waals surface area contributed by atoms with Gasteiger partial charge in [-0.15, -0.1) is 0 Å². The van der Waals surface area contributed by atoms with E-state index < -0.39 is 5.97 Å². The number of benzene rings is 1. The molecule has 0 unspecified atom stereocenters. The fraction of sp³-hybridized carbons (Fsp3) is 0.176. The van der Waals surface area contributed by atoms with Crippen LogP contribution in [0.5, 0.6) is 0 Å². The van der Waals surface area contributed by atoms with Gasteiger partial charge in [-0.05, 0) is 6.92 Å². The number of nitrogens with two attached hydrogens (primary N) is 1. The van der Waals surface area contributed by atoms with E-state index in [4.69, 9.17) is 14.9 Å². The molecule has 2 aromatic heterocycles. The van der Waals surface area contributed by atoms with Crippen LogP contribution in [0.3, 0.4) is 0 Å². The lowest BCUT2D eigenvalue weighted by molar-refractivity contribution is 0.0526. The number of aromatic nitrogens is 3. The van der Waals surface area contributed by atoms with E-state index in [1.807, 2.05) is 30.3 Å². The van der Waals surface area contributed by atoms with Gasteiger partial charge in [0.25, 0.3) is 0 Å². The Bertz CT molecular complexity index is 867. The largest absolute Gasteiger partial charge is 0.462 e. The van der Waals surface area contributed by atoms with Crippen LogP contribution in [0.25, 0.3) is 11.3 Å². The van der Waals surface area contributed by atoms with Crippen LogP contribution in [-0.4, -0.2) is 27.5 Å². The van der Waals surface area contributed by atoms with Crippen LogP contribution in [-0.2, 0) is 10.5 Å². The molecule has 128 valence electrons. The average molecular weight is 356 g/mol. The number of ether oxygens (including phenoxy) is 1. The zero-order valence-electron chi connectivity index (χ0n) is 13.5. The lowest BCUT2D eigenvalue weighted by Crippen LogP contribution is -2.10. The molecule has 0 radical (unpaired) electrons. The van der Waals surface area contributed by atoms with Crippen molar-refractivity contribution in [1.82, 2.24) is 15.0 Å². The summed E-state index contributed by atoms with van der Waals surface area (Å²) in [5.74, 6) is 1.27. The first kappa shape index (κ1) is 17.0. The summed E-state index contributed by atoms with van der Waals surface area (Å²) >= 11 is 1.32. The van der Waals surface area contributed by atoms with Crippen molar-refractivity contribution in [2.75, 3.05) is 12.3 Å². The van der Waals surface area contributed by atoms with Crippen molar-refractivity contribution >= 4 is 23.5 Å². The minimum atomic E-state index is -0.531.